The Morgan fingerprint density at radius 3 is 2.74 bits per heavy atom. The third-order valence-electron chi connectivity index (χ3n) is 6.55. The minimum absolute atomic E-state index is 0.0206. The Hall–Kier alpha value is -1.71. The van der Waals surface area contributed by atoms with Gasteiger partial charge in [0.25, 0.3) is 5.91 Å². The van der Waals surface area contributed by atoms with Gasteiger partial charge in [-0.25, -0.2) is 8.78 Å². The molecule has 170 valence electrons. The van der Waals surface area contributed by atoms with Crippen LogP contribution in [-0.4, -0.2) is 57.9 Å². The number of thioether (sulfide) groups is 1. The van der Waals surface area contributed by atoms with Gasteiger partial charge in [0.2, 0.25) is 4.99 Å². The second-order valence-electron chi connectivity index (χ2n) is 9.43. The Kier molecular flexibility index (Phi) is 6.55. The van der Waals surface area contributed by atoms with E-state index in [1.165, 1.54) is 24.6 Å². The summed E-state index contributed by atoms with van der Waals surface area (Å²) in [4.78, 5) is 20.8. The van der Waals surface area contributed by atoms with E-state index in [0.717, 1.165) is 51.3 Å². The van der Waals surface area contributed by atoms with E-state index in [-0.39, 0.29) is 18.1 Å². The fourth-order valence-corrected chi connectivity index (χ4v) is 5.90. The zero-order valence-electron chi connectivity index (χ0n) is 18.2. The Bertz CT molecular complexity index is 833. The van der Waals surface area contributed by atoms with Gasteiger partial charge in [0.05, 0.1) is 18.4 Å². The van der Waals surface area contributed by atoms with Crippen LogP contribution in [0.1, 0.15) is 45.2 Å². The topological polar surface area (TPSA) is 60.5 Å². The van der Waals surface area contributed by atoms with Gasteiger partial charge in [0, 0.05) is 37.9 Å². The summed E-state index contributed by atoms with van der Waals surface area (Å²) in [5.74, 6) is -1.74. The molecule has 4 rings (SSSR count). The van der Waals surface area contributed by atoms with Crippen molar-refractivity contribution in [2.24, 2.45) is 5.41 Å². The normalized spacial score (nSPS) is 27.2. The monoisotopic (exact) mass is 451 g/mol. The number of likely N-dealkylation sites (tertiary alicyclic amines) is 2. The standard InChI is InChI=1S/C22H31F2N5OS/c1-21(2)6-3-8-28(15-21)17-4-9-29(10-5-17)22(27-7-11-31-22)20(30)26-14-19-18(24)12-16(23)13-25-19/h7,11-13,17,27H,3-6,8-10,14-15H2,1-2H3,(H,26,30). The molecule has 0 radical (unpaired) electrons. The molecular weight excluding hydrogens is 420 g/mol. The molecule has 1 unspecified atom stereocenters. The Morgan fingerprint density at radius 1 is 1.32 bits per heavy atom. The first-order chi connectivity index (χ1) is 14.8. The third kappa shape index (κ3) is 4.88. The van der Waals surface area contributed by atoms with Crippen LogP contribution in [0.25, 0.3) is 0 Å². The number of nitrogens with one attached hydrogen (secondary N) is 2. The second-order valence-corrected chi connectivity index (χ2v) is 10.5. The van der Waals surface area contributed by atoms with E-state index < -0.39 is 16.6 Å². The quantitative estimate of drug-likeness (QED) is 0.718. The molecule has 2 saturated heterocycles. The first-order valence-corrected chi connectivity index (χ1v) is 11.8. The van der Waals surface area contributed by atoms with Gasteiger partial charge >= 0.3 is 0 Å². The second kappa shape index (κ2) is 9.03. The van der Waals surface area contributed by atoms with Crippen LogP contribution < -0.4 is 10.6 Å². The molecule has 2 fully saturated rings. The number of halogens is 2. The fraction of sp³-hybridized carbons (Fsp3) is 0.636. The van der Waals surface area contributed by atoms with Crippen LogP contribution in [-0.2, 0) is 11.3 Å². The van der Waals surface area contributed by atoms with Crippen molar-refractivity contribution in [3.8, 4) is 0 Å². The molecule has 0 aliphatic carbocycles. The highest BCUT2D eigenvalue weighted by Crippen LogP contribution is 2.37. The largest absolute Gasteiger partial charge is 0.356 e. The highest BCUT2D eigenvalue weighted by atomic mass is 32.2. The number of carbonyl (C=O) groups excluding carboxylic acids is 1. The van der Waals surface area contributed by atoms with Crippen LogP contribution in [0, 0.1) is 17.0 Å². The van der Waals surface area contributed by atoms with Crippen LogP contribution in [0.2, 0.25) is 0 Å². The van der Waals surface area contributed by atoms with Gasteiger partial charge in [0.1, 0.15) is 11.6 Å². The summed E-state index contributed by atoms with van der Waals surface area (Å²) in [6.07, 6.45) is 7.29. The summed E-state index contributed by atoms with van der Waals surface area (Å²) in [5, 5.41) is 7.87. The Balaban J connectivity index is 1.37. The molecule has 0 saturated carbocycles. The maximum atomic E-state index is 13.9. The maximum Gasteiger partial charge on any atom is 0.272 e. The minimum Gasteiger partial charge on any atom is -0.356 e. The van der Waals surface area contributed by atoms with Crippen molar-refractivity contribution in [1.82, 2.24) is 25.4 Å². The number of aromatic nitrogens is 1. The van der Waals surface area contributed by atoms with Crippen LogP contribution >= 0.6 is 11.8 Å². The van der Waals surface area contributed by atoms with Gasteiger partial charge < -0.3 is 10.6 Å². The average molecular weight is 452 g/mol. The van der Waals surface area contributed by atoms with Crippen molar-refractivity contribution in [2.75, 3.05) is 26.2 Å². The number of piperidine rings is 2. The first kappa shape index (κ1) is 22.5. The molecule has 31 heavy (non-hydrogen) atoms. The SMILES string of the molecule is CC1(C)CCCN(C2CCN(C3(C(=O)NCc4ncc(F)cc4F)NC=CS3)CC2)C1. The number of rotatable bonds is 5. The van der Waals surface area contributed by atoms with Gasteiger partial charge in [-0.3, -0.25) is 19.6 Å². The number of nitrogens with zero attached hydrogens (tertiary/aromatic N) is 3. The van der Waals surface area contributed by atoms with Crippen molar-refractivity contribution < 1.29 is 13.6 Å². The average Bonchev–Trinajstić information content (AvgIpc) is 3.23. The van der Waals surface area contributed by atoms with E-state index in [1.807, 2.05) is 5.41 Å². The Labute approximate surface area is 186 Å². The summed E-state index contributed by atoms with van der Waals surface area (Å²) in [6.45, 7) is 8.50. The molecule has 6 nitrogen and oxygen atoms in total. The molecule has 4 heterocycles. The molecule has 0 aromatic carbocycles. The number of amides is 1. The van der Waals surface area contributed by atoms with Crippen molar-refractivity contribution in [3.63, 3.8) is 0 Å². The number of hydrogen-bond acceptors (Lipinski definition) is 6. The molecule has 1 aromatic rings. The maximum absolute atomic E-state index is 13.9. The molecule has 0 bridgehead atoms. The molecule has 2 N–H and O–H groups in total. The van der Waals surface area contributed by atoms with Gasteiger partial charge in [-0.1, -0.05) is 25.6 Å². The molecular formula is C22H31F2N5OS. The van der Waals surface area contributed by atoms with Gasteiger partial charge in [-0.05, 0) is 43.1 Å². The third-order valence-corrected chi connectivity index (χ3v) is 7.72. The Morgan fingerprint density at radius 2 is 2.10 bits per heavy atom. The smallest absolute Gasteiger partial charge is 0.272 e. The lowest BCUT2D eigenvalue weighted by atomic mass is 9.83. The molecule has 0 spiro atoms. The van der Waals surface area contributed by atoms with Crippen LogP contribution in [0.5, 0.6) is 0 Å². The first-order valence-electron chi connectivity index (χ1n) is 11.0. The van der Waals surface area contributed by atoms with Crippen LogP contribution in [0.15, 0.2) is 23.9 Å². The molecule has 1 amide bonds. The van der Waals surface area contributed by atoms with Crippen molar-refractivity contribution >= 4 is 17.7 Å². The minimum atomic E-state index is -0.942. The lowest BCUT2D eigenvalue weighted by Gasteiger charge is -2.48. The number of hydrogen-bond donors (Lipinski definition) is 2. The number of pyridine rings is 1. The van der Waals surface area contributed by atoms with Crippen molar-refractivity contribution in [2.45, 2.75) is 57.1 Å². The fourth-order valence-electron chi connectivity index (χ4n) is 4.92. The van der Waals surface area contributed by atoms with E-state index in [1.54, 1.807) is 6.20 Å². The summed E-state index contributed by atoms with van der Waals surface area (Å²) in [6, 6.07) is 1.33. The van der Waals surface area contributed by atoms with E-state index >= 15 is 0 Å². The van der Waals surface area contributed by atoms with Crippen molar-refractivity contribution in [1.29, 1.82) is 0 Å². The molecule has 3 aliphatic rings. The zero-order valence-corrected chi connectivity index (χ0v) is 19.0. The van der Waals surface area contributed by atoms with E-state index in [0.29, 0.717) is 11.5 Å². The van der Waals surface area contributed by atoms with Crippen LogP contribution in [0.3, 0.4) is 0 Å². The molecule has 1 aromatic heterocycles. The van der Waals surface area contributed by atoms with Gasteiger partial charge in [-0.15, -0.1) is 0 Å². The molecule has 1 atom stereocenters. The van der Waals surface area contributed by atoms with E-state index in [4.69, 9.17) is 0 Å². The van der Waals surface area contributed by atoms with E-state index in [2.05, 4.69) is 39.3 Å². The zero-order chi connectivity index (χ0) is 22.1. The lowest BCUT2D eigenvalue weighted by Crippen LogP contribution is -2.64. The summed E-state index contributed by atoms with van der Waals surface area (Å²) >= 11 is 1.42. The highest BCUT2D eigenvalue weighted by molar-refractivity contribution is 8.04. The summed E-state index contributed by atoms with van der Waals surface area (Å²) in [7, 11) is 0. The summed E-state index contributed by atoms with van der Waals surface area (Å²) < 4.78 is 27.0. The predicted molar refractivity (Wildman–Crippen MR) is 118 cm³/mol. The van der Waals surface area contributed by atoms with Gasteiger partial charge in [0.15, 0.2) is 0 Å². The van der Waals surface area contributed by atoms with Crippen molar-refractivity contribution in [3.05, 3.63) is 41.2 Å². The molecule has 9 heteroatoms. The summed E-state index contributed by atoms with van der Waals surface area (Å²) in [5.41, 5.74) is 0.389. The number of carbonyl (C=O) groups is 1. The van der Waals surface area contributed by atoms with Crippen LogP contribution in [0.4, 0.5) is 8.78 Å². The molecule has 3 aliphatic heterocycles. The highest BCUT2D eigenvalue weighted by Gasteiger charge is 2.47. The van der Waals surface area contributed by atoms with Gasteiger partial charge in [-0.2, -0.15) is 0 Å². The predicted octanol–water partition coefficient (Wildman–Crippen LogP) is 3.02. The van der Waals surface area contributed by atoms with E-state index in [9.17, 15) is 13.6 Å². The lowest BCUT2D eigenvalue weighted by molar-refractivity contribution is -0.130.